The van der Waals surface area contributed by atoms with Crippen LogP contribution in [0.2, 0.25) is 0 Å². The quantitative estimate of drug-likeness (QED) is 0.703. The van der Waals surface area contributed by atoms with Gasteiger partial charge in [-0.05, 0) is 43.3 Å². The molecule has 28 heavy (non-hydrogen) atoms. The second-order valence-corrected chi connectivity index (χ2v) is 7.43. The van der Waals surface area contributed by atoms with Crippen molar-refractivity contribution in [3.8, 4) is 5.75 Å². The van der Waals surface area contributed by atoms with Gasteiger partial charge < -0.3 is 19.5 Å². The molecule has 0 unspecified atom stereocenters. The number of para-hydroxylation sites is 2. The van der Waals surface area contributed by atoms with Gasteiger partial charge in [0.25, 0.3) is 0 Å². The number of imidazole rings is 1. The highest BCUT2D eigenvalue weighted by Crippen LogP contribution is 2.31. The molecule has 2 amide bonds. The summed E-state index contributed by atoms with van der Waals surface area (Å²) in [4.78, 5) is 19.2. The van der Waals surface area contributed by atoms with E-state index in [4.69, 9.17) is 9.72 Å². The number of ether oxygens (including phenoxy) is 1. The van der Waals surface area contributed by atoms with Crippen molar-refractivity contribution in [1.29, 1.82) is 0 Å². The Balaban J connectivity index is 1.44. The average molecular weight is 378 g/mol. The second-order valence-electron chi connectivity index (χ2n) is 7.43. The molecule has 6 heteroatoms. The fraction of sp³-hybridized carbons (Fsp3) is 0.364. The summed E-state index contributed by atoms with van der Waals surface area (Å²) in [6, 6.07) is 15.9. The van der Waals surface area contributed by atoms with Gasteiger partial charge in [0.05, 0.1) is 23.7 Å². The lowest BCUT2D eigenvalue weighted by Crippen LogP contribution is -2.52. The van der Waals surface area contributed by atoms with Crippen LogP contribution in [-0.2, 0) is 0 Å². The van der Waals surface area contributed by atoms with Gasteiger partial charge in [-0.15, -0.1) is 0 Å². The normalized spacial score (nSPS) is 14.4. The van der Waals surface area contributed by atoms with E-state index in [-0.39, 0.29) is 12.1 Å². The lowest BCUT2D eigenvalue weighted by Gasteiger charge is -2.41. The fourth-order valence-electron chi connectivity index (χ4n) is 3.64. The highest BCUT2D eigenvalue weighted by atomic mass is 16.5. The zero-order valence-corrected chi connectivity index (χ0v) is 16.6. The molecule has 0 atom stereocenters. The van der Waals surface area contributed by atoms with Crippen molar-refractivity contribution in [3.05, 3.63) is 54.4 Å². The number of carbonyl (C=O) groups is 1. The minimum Gasteiger partial charge on any atom is -0.494 e. The highest BCUT2D eigenvalue weighted by Gasteiger charge is 2.34. The number of nitrogens with zero attached hydrogens (tertiary/aromatic N) is 3. The lowest BCUT2D eigenvalue weighted by atomic mass is 10.1. The lowest BCUT2D eigenvalue weighted by molar-refractivity contribution is 0.135. The smallest absolute Gasteiger partial charge is 0.321 e. The van der Waals surface area contributed by atoms with Crippen LogP contribution in [0.5, 0.6) is 5.75 Å². The van der Waals surface area contributed by atoms with Crippen LogP contribution in [0.4, 0.5) is 10.5 Å². The van der Waals surface area contributed by atoms with Crippen LogP contribution in [-0.4, -0.2) is 40.2 Å². The summed E-state index contributed by atoms with van der Waals surface area (Å²) in [6.45, 7) is 8.26. The van der Waals surface area contributed by atoms with Gasteiger partial charge >= 0.3 is 6.03 Å². The van der Waals surface area contributed by atoms with Crippen molar-refractivity contribution in [2.75, 3.05) is 25.0 Å². The van der Waals surface area contributed by atoms with Gasteiger partial charge in [-0.1, -0.05) is 26.0 Å². The first-order chi connectivity index (χ1) is 13.6. The maximum absolute atomic E-state index is 12.6. The van der Waals surface area contributed by atoms with Crippen molar-refractivity contribution in [3.63, 3.8) is 0 Å². The minimum atomic E-state index is -0.0732. The van der Waals surface area contributed by atoms with Crippen LogP contribution < -0.4 is 10.1 Å². The number of hydrogen-bond acceptors (Lipinski definition) is 3. The molecule has 2 aromatic carbocycles. The van der Waals surface area contributed by atoms with Gasteiger partial charge in [0.2, 0.25) is 0 Å². The molecule has 0 aliphatic carbocycles. The molecule has 2 heterocycles. The van der Waals surface area contributed by atoms with Crippen LogP contribution in [0.15, 0.2) is 48.5 Å². The summed E-state index contributed by atoms with van der Waals surface area (Å²) in [5.41, 5.74) is 2.93. The van der Waals surface area contributed by atoms with Gasteiger partial charge in [-0.25, -0.2) is 9.78 Å². The molecular weight excluding hydrogens is 352 g/mol. The molecule has 1 N–H and O–H groups in total. The number of aromatic nitrogens is 2. The molecule has 1 aliphatic rings. The van der Waals surface area contributed by atoms with Crippen molar-refractivity contribution < 1.29 is 9.53 Å². The number of amides is 2. The number of benzene rings is 2. The zero-order chi connectivity index (χ0) is 19.7. The Morgan fingerprint density at radius 3 is 2.57 bits per heavy atom. The Hall–Kier alpha value is -3.02. The Kier molecular flexibility index (Phi) is 4.94. The van der Waals surface area contributed by atoms with E-state index in [2.05, 4.69) is 29.8 Å². The SMILES string of the molecule is CCOc1ccc(NC(=O)N2CC(n3c(C(C)C)nc4ccccc43)C2)cc1. The van der Waals surface area contributed by atoms with Gasteiger partial charge in [-0.2, -0.15) is 0 Å². The van der Waals surface area contributed by atoms with E-state index in [0.29, 0.717) is 25.6 Å². The van der Waals surface area contributed by atoms with E-state index in [1.165, 1.54) is 0 Å². The number of nitrogens with one attached hydrogen (secondary N) is 1. The summed E-state index contributed by atoms with van der Waals surface area (Å²) >= 11 is 0. The van der Waals surface area contributed by atoms with Crippen molar-refractivity contribution in [2.45, 2.75) is 32.7 Å². The molecule has 4 rings (SSSR count). The summed E-state index contributed by atoms with van der Waals surface area (Å²) in [6.07, 6.45) is 0. The highest BCUT2D eigenvalue weighted by molar-refractivity contribution is 5.90. The van der Waals surface area contributed by atoms with E-state index in [1.54, 1.807) is 0 Å². The summed E-state index contributed by atoms with van der Waals surface area (Å²) in [5, 5.41) is 2.96. The summed E-state index contributed by atoms with van der Waals surface area (Å²) in [7, 11) is 0. The van der Waals surface area contributed by atoms with Crippen molar-refractivity contribution in [1.82, 2.24) is 14.5 Å². The average Bonchev–Trinajstić information content (AvgIpc) is 3.02. The topological polar surface area (TPSA) is 59.4 Å². The number of rotatable bonds is 5. The molecule has 6 nitrogen and oxygen atoms in total. The Morgan fingerprint density at radius 1 is 1.18 bits per heavy atom. The Labute approximate surface area is 165 Å². The molecular formula is C22H26N4O2. The summed E-state index contributed by atoms with van der Waals surface area (Å²) in [5.74, 6) is 2.22. The molecule has 0 bridgehead atoms. The first kappa shape index (κ1) is 18.3. The summed E-state index contributed by atoms with van der Waals surface area (Å²) < 4.78 is 7.74. The largest absolute Gasteiger partial charge is 0.494 e. The number of likely N-dealkylation sites (tertiary alicyclic amines) is 1. The van der Waals surface area contributed by atoms with E-state index in [0.717, 1.165) is 28.3 Å². The van der Waals surface area contributed by atoms with Gasteiger partial charge in [-0.3, -0.25) is 0 Å². The number of carbonyl (C=O) groups excluding carboxylic acids is 1. The molecule has 3 aromatic rings. The minimum absolute atomic E-state index is 0.0732. The first-order valence-electron chi connectivity index (χ1n) is 9.82. The predicted molar refractivity (Wildman–Crippen MR) is 111 cm³/mol. The molecule has 1 aliphatic heterocycles. The number of urea groups is 1. The molecule has 0 spiro atoms. The van der Waals surface area contributed by atoms with Crippen LogP contribution in [0, 0.1) is 0 Å². The van der Waals surface area contributed by atoms with E-state index in [9.17, 15) is 4.79 Å². The maximum Gasteiger partial charge on any atom is 0.321 e. The number of anilines is 1. The third kappa shape index (κ3) is 3.42. The van der Waals surface area contributed by atoms with Crippen LogP contribution in [0.3, 0.4) is 0 Å². The van der Waals surface area contributed by atoms with E-state index >= 15 is 0 Å². The Morgan fingerprint density at radius 2 is 1.89 bits per heavy atom. The third-order valence-corrected chi connectivity index (χ3v) is 5.07. The van der Waals surface area contributed by atoms with Crippen molar-refractivity contribution in [2.24, 2.45) is 0 Å². The molecule has 1 saturated heterocycles. The zero-order valence-electron chi connectivity index (χ0n) is 16.6. The van der Waals surface area contributed by atoms with E-state index in [1.807, 2.05) is 54.3 Å². The molecule has 1 fully saturated rings. The second kappa shape index (κ2) is 7.54. The monoisotopic (exact) mass is 378 g/mol. The number of hydrogen-bond donors (Lipinski definition) is 1. The van der Waals surface area contributed by atoms with Crippen LogP contribution >= 0.6 is 0 Å². The Bertz CT molecular complexity index is 972. The molecule has 0 radical (unpaired) electrons. The molecule has 0 saturated carbocycles. The third-order valence-electron chi connectivity index (χ3n) is 5.07. The molecule has 146 valence electrons. The first-order valence-corrected chi connectivity index (χ1v) is 9.82. The predicted octanol–water partition coefficient (Wildman–Crippen LogP) is 4.65. The van der Waals surface area contributed by atoms with Gasteiger partial charge in [0.15, 0.2) is 0 Å². The molecule has 1 aromatic heterocycles. The van der Waals surface area contributed by atoms with E-state index < -0.39 is 0 Å². The van der Waals surface area contributed by atoms with Gasteiger partial charge in [0.1, 0.15) is 11.6 Å². The van der Waals surface area contributed by atoms with Crippen LogP contribution in [0.25, 0.3) is 11.0 Å². The standard InChI is InChI=1S/C22H26N4O2/c1-4-28-18-11-9-16(10-12-18)23-22(27)25-13-17(14-25)26-20-8-6-5-7-19(20)24-21(26)15(2)3/h5-12,15,17H,4,13-14H2,1-3H3,(H,23,27). The van der Waals surface area contributed by atoms with Gasteiger partial charge in [0, 0.05) is 24.7 Å². The van der Waals surface area contributed by atoms with Crippen molar-refractivity contribution >= 4 is 22.8 Å². The van der Waals surface area contributed by atoms with Crippen LogP contribution in [0.1, 0.15) is 38.6 Å². The maximum atomic E-state index is 12.6. The fourth-order valence-corrected chi connectivity index (χ4v) is 3.64. The number of fused-ring (bicyclic) bond motifs is 1.